The van der Waals surface area contributed by atoms with Crippen molar-refractivity contribution in [2.75, 3.05) is 20.8 Å². The Hall–Kier alpha value is -0.0800. The van der Waals surface area contributed by atoms with Crippen LogP contribution in [0.4, 0.5) is 0 Å². The van der Waals surface area contributed by atoms with Gasteiger partial charge in [0.2, 0.25) is 0 Å². The van der Waals surface area contributed by atoms with E-state index in [9.17, 15) is 0 Å². The van der Waals surface area contributed by atoms with Crippen molar-refractivity contribution in [3.8, 4) is 0 Å². The first-order valence-corrected chi connectivity index (χ1v) is 7.44. The molecule has 1 fully saturated rings. The normalized spacial score (nSPS) is 21.4. The van der Waals surface area contributed by atoms with Crippen LogP contribution in [-0.2, 0) is 4.74 Å². The van der Waals surface area contributed by atoms with Crippen LogP contribution in [-0.4, -0.2) is 26.8 Å². The summed E-state index contributed by atoms with van der Waals surface area (Å²) in [5.74, 6) is 1.73. The summed E-state index contributed by atoms with van der Waals surface area (Å²) in [5.41, 5.74) is 0. The molecule has 17 heavy (non-hydrogen) atoms. The molecular weight excluding hydrogens is 210 g/mol. The van der Waals surface area contributed by atoms with Crippen LogP contribution in [0.5, 0.6) is 0 Å². The lowest BCUT2D eigenvalue weighted by atomic mass is 9.83. The minimum Gasteiger partial charge on any atom is -0.385 e. The maximum absolute atomic E-state index is 5.17. The Bertz CT molecular complexity index is 178. The van der Waals surface area contributed by atoms with Crippen molar-refractivity contribution in [3.63, 3.8) is 0 Å². The first kappa shape index (κ1) is 15.0. The summed E-state index contributed by atoms with van der Waals surface area (Å²) in [6, 6.07) is 0.673. The molecule has 1 aliphatic carbocycles. The summed E-state index contributed by atoms with van der Waals surface area (Å²) in [6.07, 6.45) is 11.3. The van der Waals surface area contributed by atoms with Gasteiger partial charge in [-0.15, -0.1) is 0 Å². The van der Waals surface area contributed by atoms with Crippen LogP contribution in [0.1, 0.15) is 58.3 Å². The molecular formula is C15H31NO. The molecule has 0 bridgehead atoms. The zero-order chi connectivity index (χ0) is 12.5. The first-order valence-electron chi connectivity index (χ1n) is 7.44. The monoisotopic (exact) mass is 241 g/mol. The third-order valence-electron chi connectivity index (χ3n) is 4.45. The Balaban J connectivity index is 2.20. The Morgan fingerprint density at radius 2 is 1.88 bits per heavy atom. The Morgan fingerprint density at radius 1 is 1.18 bits per heavy atom. The predicted molar refractivity (Wildman–Crippen MR) is 74.3 cm³/mol. The quantitative estimate of drug-likeness (QED) is 0.701. The number of ether oxygens (including phenoxy) is 1. The van der Waals surface area contributed by atoms with Gasteiger partial charge in [0.1, 0.15) is 0 Å². The van der Waals surface area contributed by atoms with Gasteiger partial charge in [-0.1, -0.05) is 39.0 Å². The van der Waals surface area contributed by atoms with Gasteiger partial charge < -0.3 is 10.1 Å². The Morgan fingerprint density at radius 3 is 2.47 bits per heavy atom. The Kier molecular flexibility index (Phi) is 7.87. The molecule has 0 aromatic rings. The fraction of sp³-hybridized carbons (Fsp3) is 1.00. The molecule has 0 saturated heterocycles. The van der Waals surface area contributed by atoms with Crippen molar-refractivity contribution in [1.29, 1.82) is 0 Å². The maximum Gasteiger partial charge on any atom is 0.0465 e. The second kappa shape index (κ2) is 8.93. The molecule has 0 aromatic heterocycles. The molecule has 2 unspecified atom stereocenters. The van der Waals surface area contributed by atoms with Gasteiger partial charge in [-0.3, -0.25) is 0 Å². The number of rotatable bonds is 8. The van der Waals surface area contributed by atoms with Crippen molar-refractivity contribution >= 4 is 0 Å². The van der Waals surface area contributed by atoms with E-state index in [1.165, 1.54) is 51.4 Å². The summed E-state index contributed by atoms with van der Waals surface area (Å²) in [7, 11) is 3.90. The highest BCUT2D eigenvalue weighted by Gasteiger charge is 2.19. The zero-order valence-corrected chi connectivity index (χ0v) is 12.0. The van der Waals surface area contributed by atoms with Crippen LogP contribution in [0, 0.1) is 11.8 Å². The predicted octanol–water partition coefficient (Wildman–Crippen LogP) is 3.61. The first-order chi connectivity index (χ1) is 8.27. The SMILES string of the molecule is CNC(CCC1CCCCC1)C(C)CCOC. The van der Waals surface area contributed by atoms with Gasteiger partial charge in [0.05, 0.1) is 0 Å². The molecule has 0 aromatic carbocycles. The van der Waals surface area contributed by atoms with Gasteiger partial charge in [-0.05, 0) is 38.1 Å². The maximum atomic E-state index is 5.17. The van der Waals surface area contributed by atoms with E-state index in [0.29, 0.717) is 6.04 Å². The number of nitrogens with one attached hydrogen (secondary N) is 1. The lowest BCUT2D eigenvalue weighted by Gasteiger charge is -2.27. The van der Waals surface area contributed by atoms with E-state index in [-0.39, 0.29) is 0 Å². The molecule has 1 aliphatic rings. The molecule has 2 atom stereocenters. The highest BCUT2D eigenvalue weighted by Crippen LogP contribution is 2.28. The summed E-state index contributed by atoms with van der Waals surface area (Å²) in [6.45, 7) is 3.24. The zero-order valence-electron chi connectivity index (χ0n) is 12.0. The van der Waals surface area contributed by atoms with Gasteiger partial charge in [0, 0.05) is 19.8 Å². The molecule has 0 amide bonds. The van der Waals surface area contributed by atoms with Crippen molar-refractivity contribution in [1.82, 2.24) is 5.32 Å². The smallest absolute Gasteiger partial charge is 0.0465 e. The van der Waals surface area contributed by atoms with E-state index in [1.54, 1.807) is 7.11 Å². The van der Waals surface area contributed by atoms with E-state index < -0.39 is 0 Å². The molecule has 0 aliphatic heterocycles. The molecule has 1 N–H and O–H groups in total. The van der Waals surface area contributed by atoms with E-state index >= 15 is 0 Å². The molecule has 1 saturated carbocycles. The van der Waals surface area contributed by atoms with Crippen molar-refractivity contribution in [2.45, 2.75) is 64.3 Å². The number of hydrogen-bond donors (Lipinski definition) is 1. The lowest BCUT2D eigenvalue weighted by Crippen LogP contribution is -2.33. The van der Waals surface area contributed by atoms with E-state index in [1.807, 2.05) is 0 Å². The second-order valence-electron chi connectivity index (χ2n) is 5.74. The Labute approximate surface area is 108 Å². The third kappa shape index (κ3) is 5.87. The second-order valence-corrected chi connectivity index (χ2v) is 5.74. The molecule has 0 heterocycles. The van der Waals surface area contributed by atoms with Crippen LogP contribution in [0.2, 0.25) is 0 Å². The van der Waals surface area contributed by atoms with E-state index in [4.69, 9.17) is 4.74 Å². The fourth-order valence-electron chi connectivity index (χ4n) is 3.11. The molecule has 0 radical (unpaired) electrons. The van der Waals surface area contributed by atoms with Crippen LogP contribution in [0.15, 0.2) is 0 Å². The van der Waals surface area contributed by atoms with Gasteiger partial charge in [-0.2, -0.15) is 0 Å². The summed E-state index contributed by atoms with van der Waals surface area (Å²) >= 11 is 0. The highest BCUT2D eigenvalue weighted by atomic mass is 16.5. The standard InChI is InChI=1S/C15H31NO/c1-13(11-12-17-3)15(16-2)10-9-14-7-5-4-6-8-14/h13-16H,4-12H2,1-3H3. The number of methoxy groups -OCH3 is 1. The van der Waals surface area contributed by atoms with Gasteiger partial charge in [-0.25, -0.2) is 0 Å². The van der Waals surface area contributed by atoms with Gasteiger partial charge >= 0.3 is 0 Å². The van der Waals surface area contributed by atoms with Gasteiger partial charge in [0.15, 0.2) is 0 Å². The van der Waals surface area contributed by atoms with Crippen molar-refractivity contribution in [3.05, 3.63) is 0 Å². The topological polar surface area (TPSA) is 21.3 Å². The van der Waals surface area contributed by atoms with Crippen LogP contribution in [0.25, 0.3) is 0 Å². The summed E-state index contributed by atoms with van der Waals surface area (Å²) in [4.78, 5) is 0. The molecule has 0 spiro atoms. The molecule has 2 nitrogen and oxygen atoms in total. The van der Waals surface area contributed by atoms with Crippen molar-refractivity contribution < 1.29 is 4.74 Å². The van der Waals surface area contributed by atoms with Crippen LogP contribution in [0.3, 0.4) is 0 Å². The van der Waals surface area contributed by atoms with Crippen molar-refractivity contribution in [2.24, 2.45) is 11.8 Å². The average molecular weight is 241 g/mol. The van der Waals surface area contributed by atoms with Crippen LogP contribution >= 0.6 is 0 Å². The third-order valence-corrected chi connectivity index (χ3v) is 4.45. The van der Waals surface area contributed by atoms with Gasteiger partial charge in [0.25, 0.3) is 0 Å². The minimum absolute atomic E-state index is 0.673. The average Bonchev–Trinajstić information content (AvgIpc) is 2.38. The minimum atomic E-state index is 0.673. The number of hydrogen-bond acceptors (Lipinski definition) is 2. The highest BCUT2D eigenvalue weighted by molar-refractivity contribution is 4.75. The molecule has 102 valence electrons. The summed E-state index contributed by atoms with van der Waals surface area (Å²) in [5, 5.41) is 3.49. The lowest BCUT2D eigenvalue weighted by molar-refractivity contribution is 0.167. The summed E-state index contributed by atoms with van der Waals surface area (Å²) < 4.78 is 5.17. The van der Waals surface area contributed by atoms with E-state index in [2.05, 4.69) is 19.3 Å². The fourth-order valence-corrected chi connectivity index (χ4v) is 3.11. The van der Waals surface area contributed by atoms with E-state index in [0.717, 1.165) is 18.4 Å². The molecule has 2 heteroatoms. The largest absolute Gasteiger partial charge is 0.385 e. The van der Waals surface area contributed by atoms with Crippen LogP contribution < -0.4 is 5.32 Å². The molecule has 1 rings (SSSR count).